The minimum Gasteiger partial charge on any atom is -0.0616 e. The topological polar surface area (TPSA) is 0 Å². The molecule has 46 heavy (non-hydrogen) atoms. The molecule has 0 aliphatic carbocycles. The summed E-state index contributed by atoms with van der Waals surface area (Å²) in [6.45, 7) is 6.90. The van der Waals surface area contributed by atoms with Crippen molar-refractivity contribution in [2.75, 3.05) is 0 Å². The van der Waals surface area contributed by atoms with Crippen molar-refractivity contribution in [1.82, 2.24) is 0 Å². The molecular formula is C46H36. The molecule has 0 bridgehead atoms. The van der Waals surface area contributed by atoms with Gasteiger partial charge in [0.05, 0.1) is 0 Å². The Morgan fingerprint density at radius 2 is 0.804 bits per heavy atom. The number of fused-ring (bicyclic) bond motifs is 3. The highest BCUT2D eigenvalue weighted by molar-refractivity contribution is 6.30. The zero-order valence-electron chi connectivity index (χ0n) is 26.7. The maximum atomic E-state index is 2.51. The van der Waals surface area contributed by atoms with Crippen molar-refractivity contribution in [3.8, 4) is 22.3 Å². The first-order valence-corrected chi connectivity index (χ1v) is 16.9. The number of hydrogen-bond acceptors (Lipinski definition) is 0. The van der Waals surface area contributed by atoms with E-state index in [-0.39, 0.29) is 0 Å². The van der Waals surface area contributed by atoms with Crippen LogP contribution in [0.4, 0.5) is 0 Å². The van der Waals surface area contributed by atoms with Crippen LogP contribution in [0.15, 0.2) is 127 Å². The molecule has 0 radical (unpaired) electrons. The first kappa shape index (κ1) is 27.1. The van der Waals surface area contributed by atoms with E-state index in [2.05, 4.69) is 148 Å². The van der Waals surface area contributed by atoms with Gasteiger partial charge in [-0.2, -0.15) is 0 Å². The Labute approximate surface area is 270 Å². The number of benzene rings is 9. The van der Waals surface area contributed by atoms with Gasteiger partial charge in [0.2, 0.25) is 0 Å². The van der Waals surface area contributed by atoms with E-state index < -0.39 is 0 Å². The van der Waals surface area contributed by atoms with Crippen LogP contribution in [0.3, 0.4) is 0 Å². The van der Waals surface area contributed by atoms with Crippen LogP contribution in [0.5, 0.6) is 0 Å². The lowest BCUT2D eigenvalue weighted by atomic mass is 9.81. The molecule has 0 saturated carbocycles. The molecule has 0 heterocycles. The van der Waals surface area contributed by atoms with Gasteiger partial charge in [-0.15, -0.1) is 0 Å². The highest BCUT2D eigenvalue weighted by Crippen LogP contribution is 2.49. The van der Waals surface area contributed by atoms with Crippen LogP contribution in [0.1, 0.15) is 37.5 Å². The molecular weight excluding hydrogens is 553 g/mol. The van der Waals surface area contributed by atoms with Crippen LogP contribution in [-0.2, 0) is 19.3 Å². The van der Waals surface area contributed by atoms with Gasteiger partial charge in [-0.3, -0.25) is 0 Å². The van der Waals surface area contributed by atoms with Crippen LogP contribution in [-0.4, -0.2) is 0 Å². The zero-order valence-corrected chi connectivity index (χ0v) is 26.7. The Morgan fingerprint density at radius 3 is 1.37 bits per heavy atom. The van der Waals surface area contributed by atoms with Crippen molar-refractivity contribution in [3.63, 3.8) is 0 Å². The van der Waals surface area contributed by atoms with Gasteiger partial charge in [-0.05, 0) is 135 Å². The van der Waals surface area contributed by atoms with Crippen LogP contribution < -0.4 is 0 Å². The maximum Gasteiger partial charge on any atom is -0.00176 e. The van der Waals surface area contributed by atoms with E-state index >= 15 is 0 Å². The van der Waals surface area contributed by atoms with E-state index in [0.717, 1.165) is 19.3 Å². The predicted molar refractivity (Wildman–Crippen MR) is 202 cm³/mol. The van der Waals surface area contributed by atoms with Crippen molar-refractivity contribution in [2.24, 2.45) is 0 Å². The SMILES string of the molecule is CCc1cc(CC)c2ccc3c(-c4c5ccccc5c(-c5ccc6ccccc6c5)c5ccccc45)cc(CC)c4ccc1c2c43. The summed E-state index contributed by atoms with van der Waals surface area (Å²) in [6.07, 6.45) is 3.08. The van der Waals surface area contributed by atoms with Gasteiger partial charge in [-0.25, -0.2) is 0 Å². The van der Waals surface area contributed by atoms with Crippen LogP contribution in [0.25, 0.3) is 86.9 Å². The van der Waals surface area contributed by atoms with Crippen molar-refractivity contribution >= 4 is 64.6 Å². The van der Waals surface area contributed by atoms with Gasteiger partial charge in [0, 0.05) is 0 Å². The van der Waals surface area contributed by atoms with Gasteiger partial charge < -0.3 is 0 Å². The summed E-state index contributed by atoms with van der Waals surface area (Å²) in [6, 6.07) is 48.4. The number of aryl methyl sites for hydroxylation is 3. The predicted octanol–water partition coefficient (Wildman–Crippen LogP) is 13.1. The van der Waals surface area contributed by atoms with Gasteiger partial charge in [0.15, 0.2) is 0 Å². The Bertz CT molecular complexity index is 2550. The van der Waals surface area contributed by atoms with E-state index in [9.17, 15) is 0 Å². The lowest BCUT2D eigenvalue weighted by molar-refractivity contribution is 1.11. The van der Waals surface area contributed by atoms with Crippen molar-refractivity contribution in [2.45, 2.75) is 40.0 Å². The van der Waals surface area contributed by atoms with E-state index in [4.69, 9.17) is 0 Å². The normalized spacial score (nSPS) is 12.1. The second-order valence-corrected chi connectivity index (χ2v) is 12.8. The molecule has 9 aromatic rings. The third-order valence-corrected chi connectivity index (χ3v) is 10.5. The second-order valence-electron chi connectivity index (χ2n) is 12.8. The Balaban J connectivity index is 1.46. The molecule has 0 fully saturated rings. The molecule has 9 rings (SSSR count). The fraction of sp³-hybridized carbons (Fsp3) is 0.130. The molecule has 0 nitrogen and oxygen atoms in total. The maximum absolute atomic E-state index is 2.51. The van der Waals surface area contributed by atoms with Gasteiger partial charge in [-0.1, -0.05) is 136 Å². The lowest BCUT2D eigenvalue weighted by Crippen LogP contribution is -1.97. The van der Waals surface area contributed by atoms with E-state index in [1.165, 1.54) is 104 Å². The van der Waals surface area contributed by atoms with Crippen molar-refractivity contribution in [1.29, 1.82) is 0 Å². The van der Waals surface area contributed by atoms with Crippen LogP contribution in [0.2, 0.25) is 0 Å². The molecule has 0 aromatic heterocycles. The van der Waals surface area contributed by atoms with Crippen molar-refractivity contribution in [3.05, 3.63) is 144 Å². The summed E-state index contributed by atoms with van der Waals surface area (Å²) < 4.78 is 0. The highest BCUT2D eigenvalue weighted by atomic mass is 14.2. The van der Waals surface area contributed by atoms with E-state index in [1.807, 2.05) is 0 Å². The summed E-state index contributed by atoms with van der Waals surface area (Å²) in [5, 5.41) is 16.2. The molecule has 0 unspecified atom stereocenters. The smallest absolute Gasteiger partial charge is 0.00176 e. The van der Waals surface area contributed by atoms with Crippen LogP contribution >= 0.6 is 0 Å². The molecule has 0 saturated heterocycles. The number of hydrogen-bond donors (Lipinski definition) is 0. The Kier molecular flexibility index (Phi) is 6.15. The molecule has 220 valence electrons. The highest BCUT2D eigenvalue weighted by Gasteiger charge is 2.22. The molecule has 0 heteroatoms. The molecule has 0 aliphatic heterocycles. The second kappa shape index (κ2) is 10.4. The fourth-order valence-corrected chi connectivity index (χ4v) is 8.38. The van der Waals surface area contributed by atoms with Gasteiger partial charge in [0.1, 0.15) is 0 Å². The standard InChI is InChI=1S/C46H36/c1-4-28-25-29(5-2)35-23-24-41-42(27-30(6-3)36-22-21-34(28)45(35)46(36)41)44-39-17-11-9-15-37(39)43(38-16-10-12-18-40(38)44)33-20-19-31-13-7-8-14-32(31)26-33/h7-27H,4-6H2,1-3H3. The van der Waals surface area contributed by atoms with Gasteiger partial charge >= 0.3 is 0 Å². The molecule has 0 aliphatic rings. The molecule has 0 spiro atoms. The third kappa shape index (κ3) is 3.80. The van der Waals surface area contributed by atoms with Gasteiger partial charge in [0.25, 0.3) is 0 Å². The lowest BCUT2D eigenvalue weighted by Gasteiger charge is -2.22. The molecule has 0 N–H and O–H groups in total. The van der Waals surface area contributed by atoms with E-state index in [0.29, 0.717) is 0 Å². The zero-order chi connectivity index (χ0) is 30.9. The number of rotatable bonds is 5. The summed E-state index contributed by atoms with van der Waals surface area (Å²) in [7, 11) is 0. The first-order chi connectivity index (χ1) is 22.7. The average Bonchev–Trinajstić information content (AvgIpc) is 3.12. The summed E-state index contributed by atoms with van der Waals surface area (Å²) in [5.74, 6) is 0. The minimum absolute atomic E-state index is 0.994. The summed E-state index contributed by atoms with van der Waals surface area (Å²) >= 11 is 0. The summed E-state index contributed by atoms with van der Waals surface area (Å²) in [4.78, 5) is 0. The van der Waals surface area contributed by atoms with E-state index in [1.54, 1.807) is 0 Å². The minimum atomic E-state index is 0.994. The Morgan fingerprint density at radius 1 is 0.348 bits per heavy atom. The monoisotopic (exact) mass is 588 g/mol. The largest absolute Gasteiger partial charge is 0.0616 e. The van der Waals surface area contributed by atoms with Crippen LogP contribution in [0, 0.1) is 0 Å². The molecule has 9 aromatic carbocycles. The first-order valence-electron chi connectivity index (χ1n) is 16.9. The molecule has 0 atom stereocenters. The summed E-state index contributed by atoms with van der Waals surface area (Å²) in [5.41, 5.74) is 9.60. The Hall–Kier alpha value is -5.20. The average molecular weight is 589 g/mol. The quantitative estimate of drug-likeness (QED) is 0.139. The van der Waals surface area contributed by atoms with Crippen molar-refractivity contribution < 1.29 is 0 Å². The fourth-order valence-electron chi connectivity index (χ4n) is 8.38. The third-order valence-electron chi connectivity index (χ3n) is 10.5. The molecule has 0 amide bonds.